The molecule has 0 saturated carbocycles. The topological polar surface area (TPSA) is 125 Å². The van der Waals surface area contributed by atoms with Gasteiger partial charge in [0.25, 0.3) is 11.6 Å². The zero-order valence-electron chi connectivity index (χ0n) is 18.9. The molecule has 0 spiro atoms. The van der Waals surface area contributed by atoms with E-state index in [0.29, 0.717) is 22.0 Å². The third-order valence-corrected chi connectivity index (χ3v) is 6.68. The van der Waals surface area contributed by atoms with E-state index in [1.54, 1.807) is 6.92 Å². The molecule has 3 rings (SSSR count). The summed E-state index contributed by atoms with van der Waals surface area (Å²) in [7, 11) is 0. The fraction of sp³-hybridized carbons (Fsp3) is 0.435. The third kappa shape index (κ3) is 5.39. The van der Waals surface area contributed by atoms with Crippen LogP contribution in [0, 0.1) is 23.0 Å². The van der Waals surface area contributed by atoms with Crippen molar-refractivity contribution in [2.75, 3.05) is 11.9 Å². The fourth-order valence-electron chi connectivity index (χ4n) is 3.74. The van der Waals surface area contributed by atoms with Gasteiger partial charge in [-0.05, 0) is 63.6 Å². The second kappa shape index (κ2) is 10.1. The van der Waals surface area contributed by atoms with Crippen LogP contribution in [-0.4, -0.2) is 35.5 Å². The predicted octanol–water partition coefficient (Wildman–Crippen LogP) is 4.45. The molecule has 1 amide bonds. The molecule has 1 aliphatic carbocycles. The second-order valence-electron chi connectivity index (χ2n) is 8.07. The van der Waals surface area contributed by atoms with Gasteiger partial charge in [-0.25, -0.2) is 9.59 Å². The molecular formula is C23H26N2O7S. The summed E-state index contributed by atoms with van der Waals surface area (Å²) in [6, 6.07) is 3.85. The van der Waals surface area contributed by atoms with Gasteiger partial charge < -0.3 is 14.8 Å². The molecule has 2 atom stereocenters. The van der Waals surface area contributed by atoms with Gasteiger partial charge in [0.2, 0.25) is 0 Å². The van der Waals surface area contributed by atoms with E-state index in [-0.39, 0.29) is 17.9 Å². The van der Waals surface area contributed by atoms with E-state index in [0.717, 1.165) is 29.7 Å². The number of hydrogen-bond acceptors (Lipinski definition) is 8. The highest BCUT2D eigenvalue weighted by molar-refractivity contribution is 7.17. The number of nitrogens with zero attached hydrogens (tertiary/aromatic N) is 1. The number of nitrogens with one attached hydrogen (secondary N) is 1. The van der Waals surface area contributed by atoms with Crippen molar-refractivity contribution in [1.29, 1.82) is 0 Å². The van der Waals surface area contributed by atoms with Crippen molar-refractivity contribution in [3.8, 4) is 0 Å². The first kappa shape index (κ1) is 24.4. The Hall–Kier alpha value is -3.27. The van der Waals surface area contributed by atoms with E-state index >= 15 is 0 Å². The van der Waals surface area contributed by atoms with Crippen molar-refractivity contribution in [3.05, 3.63) is 55.4 Å². The van der Waals surface area contributed by atoms with Crippen LogP contribution in [0.1, 0.15) is 63.9 Å². The van der Waals surface area contributed by atoms with Crippen molar-refractivity contribution in [1.82, 2.24) is 0 Å². The van der Waals surface area contributed by atoms with Crippen LogP contribution in [0.5, 0.6) is 0 Å². The van der Waals surface area contributed by atoms with E-state index in [1.807, 2.05) is 0 Å². The molecule has 2 aromatic rings. The number of ether oxygens (including phenoxy) is 2. The summed E-state index contributed by atoms with van der Waals surface area (Å²) >= 11 is 1.35. The van der Waals surface area contributed by atoms with Crippen LogP contribution in [0.4, 0.5) is 10.7 Å². The number of rotatable bonds is 7. The normalized spacial score (nSPS) is 15.8. The maximum Gasteiger partial charge on any atom is 0.341 e. The zero-order valence-corrected chi connectivity index (χ0v) is 19.7. The predicted molar refractivity (Wildman–Crippen MR) is 123 cm³/mol. The first-order chi connectivity index (χ1) is 15.6. The maximum atomic E-state index is 12.8. The lowest BCUT2D eigenvalue weighted by Crippen LogP contribution is -2.30. The first-order valence-electron chi connectivity index (χ1n) is 10.7. The number of nitro benzene ring substituents is 1. The maximum absolute atomic E-state index is 12.8. The van der Waals surface area contributed by atoms with E-state index in [4.69, 9.17) is 9.47 Å². The molecule has 0 radical (unpaired) electrons. The zero-order chi connectivity index (χ0) is 24.3. The number of amides is 1. The lowest BCUT2D eigenvalue weighted by molar-refractivity contribution is -0.385. The molecule has 1 heterocycles. The lowest BCUT2D eigenvalue weighted by atomic mass is 9.88. The van der Waals surface area contributed by atoms with E-state index < -0.39 is 28.9 Å². The molecule has 0 fully saturated rings. The van der Waals surface area contributed by atoms with Gasteiger partial charge in [-0.1, -0.05) is 6.92 Å². The van der Waals surface area contributed by atoms with Crippen LogP contribution in [0.3, 0.4) is 0 Å². The second-order valence-corrected chi connectivity index (χ2v) is 9.18. The fourth-order valence-corrected chi connectivity index (χ4v) is 5.14. The summed E-state index contributed by atoms with van der Waals surface area (Å²) in [4.78, 5) is 49.3. The van der Waals surface area contributed by atoms with Gasteiger partial charge in [-0.15, -0.1) is 11.3 Å². The van der Waals surface area contributed by atoms with Crippen LogP contribution < -0.4 is 5.32 Å². The lowest BCUT2D eigenvalue weighted by Gasteiger charge is -2.18. The Labute approximate surface area is 195 Å². The number of esters is 2. The molecule has 0 saturated heterocycles. The molecule has 1 aromatic carbocycles. The van der Waals surface area contributed by atoms with Crippen molar-refractivity contribution in [2.45, 2.75) is 53.1 Å². The van der Waals surface area contributed by atoms with Gasteiger partial charge in [0, 0.05) is 16.5 Å². The monoisotopic (exact) mass is 474 g/mol. The number of anilines is 1. The highest BCUT2D eigenvalue weighted by atomic mass is 32.1. The Balaban J connectivity index is 1.75. The number of carbonyl (C=O) groups excluding carboxylic acids is 3. The number of aryl methyl sites for hydroxylation is 1. The quantitative estimate of drug-likeness (QED) is 0.357. The highest BCUT2D eigenvalue weighted by Gasteiger charge is 2.30. The number of carbonyl (C=O) groups is 3. The summed E-state index contributed by atoms with van der Waals surface area (Å²) in [6.45, 7) is 7.02. The summed E-state index contributed by atoms with van der Waals surface area (Å²) in [5.74, 6) is -1.36. The largest absolute Gasteiger partial charge is 0.462 e. The molecular weight excluding hydrogens is 448 g/mol. The Morgan fingerprint density at radius 3 is 2.67 bits per heavy atom. The van der Waals surface area contributed by atoms with Crippen molar-refractivity contribution in [2.24, 2.45) is 5.92 Å². The van der Waals surface area contributed by atoms with Gasteiger partial charge in [-0.3, -0.25) is 14.9 Å². The van der Waals surface area contributed by atoms with Crippen LogP contribution in [0.2, 0.25) is 0 Å². The number of fused-ring (bicyclic) bond motifs is 1. The van der Waals surface area contributed by atoms with Gasteiger partial charge in [0.1, 0.15) is 5.00 Å². The van der Waals surface area contributed by atoms with Crippen molar-refractivity contribution in [3.63, 3.8) is 0 Å². The molecule has 10 heteroatoms. The Bertz CT molecular complexity index is 1110. The van der Waals surface area contributed by atoms with Gasteiger partial charge >= 0.3 is 11.9 Å². The van der Waals surface area contributed by atoms with Gasteiger partial charge in [0.05, 0.1) is 22.7 Å². The van der Waals surface area contributed by atoms with E-state index in [9.17, 15) is 24.5 Å². The molecule has 2 unspecified atom stereocenters. The van der Waals surface area contributed by atoms with Crippen LogP contribution in [0.25, 0.3) is 0 Å². The minimum absolute atomic E-state index is 0.102. The van der Waals surface area contributed by atoms with Crippen LogP contribution >= 0.6 is 11.3 Å². The first-order valence-corrected chi connectivity index (χ1v) is 11.5. The summed E-state index contributed by atoms with van der Waals surface area (Å²) in [5, 5.41) is 14.1. The van der Waals surface area contributed by atoms with Crippen molar-refractivity contribution >= 4 is 39.9 Å². The Morgan fingerprint density at radius 1 is 1.30 bits per heavy atom. The van der Waals surface area contributed by atoms with E-state index in [2.05, 4.69) is 12.2 Å². The Kier molecular flexibility index (Phi) is 7.47. The summed E-state index contributed by atoms with van der Waals surface area (Å²) in [5.41, 5.74) is 1.59. The number of thiophene rings is 1. The van der Waals surface area contributed by atoms with E-state index in [1.165, 1.54) is 43.4 Å². The molecule has 0 bridgehead atoms. The number of nitro groups is 1. The van der Waals surface area contributed by atoms with Crippen LogP contribution in [-0.2, 0) is 27.1 Å². The Morgan fingerprint density at radius 2 is 2.03 bits per heavy atom. The molecule has 1 N–H and O–H groups in total. The molecule has 176 valence electrons. The smallest absolute Gasteiger partial charge is 0.341 e. The summed E-state index contributed by atoms with van der Waals surface area (Å²) in [6.07, 6.45) is 1.36. The third-order valence-electron chi connectivity index (χ3n) is 5.51. The standard InChI is InChI=1S/C23H26N2O7S/c1-5-31-23(28)19-16-8-6-12(2)10-18(16)33-21(19)24-20(26)14(4)32-22(27)15-7-9-17(25(29)30)13(3)11-15/h7,9,11-12,14H,5-6,8,10H2,1-4H3,(H,24,26). The average molecular weight is 475 g/mol. The van der Waals surface area contributed by atoms with Gasteiger partial charge in [-0.2, -0.15) is 0 Å². The molecule has 1 aromatic heterocycles. The highest BCUT2D eigenvalue weighted by Crippen LogP contribution is 2.40. The minimum atomic E-state index is -1.15. The average Bonchev–Trinajstić information content (AvgIpc) is 3.10. The number of hydrogen-bond donors (Lipinski definition) is 1. The van der Waals surface area contributed by atoms with Crippen LogP contribution in [0.15, 0.2) is 18.2 Å². The SMILES string of the molecule is CCOC(=O)c1c(NC(=O)C(C)OC(=O)c2ccc([N+](=O)[O-])c(C)c2)sc2c1CCC(C)C2. The number of benzene rings is 1. The van der Waals surface area contributed by atoms with Crippen molar-refractivity contribution < 1.29 is 28.8 Å². The molecule has 9 nitrogen and oxygen atoms in total. The van der Waals surface area contributed by atoms with Gasteiger partial charge in [0.15, 0.2) is 6.10 Å². The minimum Gasteiger partial charge on any atom is -0.462 e. The molecule has 33 heavy (non-hydrogen) atoms. The molecule has 0 aliphatic heterocycles. The molecule has 1 aliphatic rings. The summed E-state index contributed by atoms with van der Waals surface area (Å²) < 4.78 is 10.5.